The summed E-state index contributed by atoms with van der Waals surface area (Å²) >= 11 is 0. The molecule has 1 aliphatic rings. The number of nitrogens with one attached hydrogen (secondary N) is 1. The van der Waals surface area contributed by atoms with E-state index < -0.39 is 0 Å². The van der Waals surface area contributed by atoms with Crippen molar-refractivity contribution in [2.45, 2.75) is 103 Å². The van der Waals surface area contributed by atoms with Crippen LogP contribution in [-0.2, 0) is 4.74 Å². The number of unbranched alkanes of at least 4 members (excludes halogenated alkanes) is 5. The van der Waals surface area contributed by atoms with E-state index in [0.29, 0.717) is 6.04 Å². The van der Waals surface area contributed by atoms with E-state index in [2.05, 4.69) is 26.1 Å². The third kappa shape index (κ3) is 6.58. The van der Waals surface area contributed by atoms with Gasteiger partial charge in [-0.05, 0) is 45.6 Å². The largest absolute Gasteiger partial charge is 0.374 e. The zero-order chi connectivity index (χ0) is 14.7. The SMILES string of the molecule is CCCCCCCCC(NCCC)C1(C)CCCCO1. The van der Waals surface area contributed by atoms with Crippen LogP contribution in [0.1, 0.15) is 91.4 Å². The highest BCUT2D eigenvalue weighted by molar-refractivity contribution is 4.91. The van der Waals surface area contributed by atoms with Crippen molar-refractivity contribution in [3.05, 3.63) is 0 Å². The standard InChI is InChI=1S/C18H37NO/c1-4-6-7-8-9-10-13-17(19-15-5-2)18(3)14-11-12-16-20-18/h17,19H,4-16H2,1-3H3. The third-order valence-corrected chi connectivity index (χ3v) is 4.72. The zero-order valence-electron chi connectivity index (χ0n) is 14.2. The first-order chi connectivity index (χ1) is 9.73. The van der Waals surface area contributed by atoms with Gasteiger partial charge in [-0.15, -0.1) is 0 Å². The lowest BCUT2D eigenvalue weighted by Crippen LogP contribution is -2.52. The maximum Gasteiger partial charge on any atom is 0.0806 e. The molecule has 1 saturated heterocycles. The van der Waals surface area contributed by atoms with Crippen molar-refractivity contribution in [1.82, 2.24) is 5.32 Å². The van der Waals surface area contributed by atoms with Crippen LogP contribution in [0.25, 0.3) is 0 Å². The van der Waals surface area contributed by atoms with Crippen LogP contribution in [0.5, 0.6) is 0 Å². The Hall–Kier alpha value is -0.0800. The zero-order valence-corrected chi connectivity index (χ0v) is 14.2. The maximum absolute atomic E-state index is 6.16. The summed E-state index contributed by atoms with van der Waals surface area (Å²) in [6, 6.07) is 0.550. The Balaban J connectivity index is 2.31. The summed E-state index contributed by atoms with van der Waals surface area (Å²) in [5, 5.41) is 3.76. The molecule has 2 nitrogen and oxygen atoms in total. The molecule has 0 aliphatic carbocycles. The Morgan fingerprint density at radius 3 is 2.40 bits per heavy atom. The summed E-state index contributed by atoms with van der Waals surface area (Å²) in [5.41, 5.74) is 0.0802. The molecule has 2 unspecified atom stereocenters. The lowest BCUT2D eigenvalue weighted by molar-refractivity contribution is -0.0903. The van der Waals surface area contributed by atoms with E-state index in [0.717, 1.165) is 13.2 Å². The van der Waals surface area contributed by atoms with Crippen LogP contribution in [-0.4, -0.2) is 24.8 Å². The molecule has 0 spiro atoms. The molecule has 1 heterocycles. The average molecular weight is 284 g/mol. The second kappa shape index (κ2) is 10.6. The van der Waals surface area contributed by atoms with Gasteiger partial charge in [0.05, 0.1) is 5.60 Å². The maximum atomic E-state index is 6.16. The summed E-state index contributed by atoms with van der Waals surface area (Å²) in [7, 11) is 0. The van der Waals surface area contributed by atoms with Gasteiger partial charge in [0.25, 0.3) is 0 Å². The van der Waals surface area contributed by atoms with Crippen molar-refractivity contribution >= 4 is 0 Å². The molecule has 2 heteroatoms. The summed E-state index contributed by atoms with van der Waals surface area (Å²) < 4.78 is 6.16. The van der Waals surface area contributed by atoms with Crippen LogP contribution in [0, 0.1) is 0 Å². The number of hydrogen-bond donors (Lipinski definition) is 1. The van der Waals surface area contributed by atoms with Crippen molar-refractivity contribution in [2.24, 2.45) is 0 Å². The molecule has 0 aromatic heterocycles. The van der Waals surface area contributed by atoms with Crippen LogP contribution in [0.2, 0.25) is 0 Å². The van der Waals surface area contributed by atoms with E-state index in [1.54, 1.807) is 0 Å². The molecule has 0 amide bonds. The Morgan fingerprint density at radius 1 is 1.00 bits per heavy atom. The van der Waals surface area contributed by atoms with Gasteiger partial charge in [-0.3, -0.25) is 0 Å². The van der Waals surface area contributed by atoms with E-state index in [1.807, 2.05) is 0 Å². The number of rotatable bonds is 11. The smallest absolute Gasteiger partial charge is 0.0806 e. The minimum atomic E-state index is 0.0802. The van der Waals surface area contributed by atoms with Gasteiger partial charge in [0, 0.05) is 12.6 Å². The fraction of sp³-hybridized carbons (Fsp3) is 1.00. The molecule has 1 fully saturated rings. The molecule has 0 saturated carbocycles. The van der Waals surface area contributed by atoms with E-state index in [1.165, 1.54) is 70.6 Å². The van der Waals surface area contributed by atoms with Gasteiger partial charge in [0.15, 0.2) is 0 Å². The van der Waals surface area contributed by atoms with Crippen LogP contribution in [0.3, 0.4) is 0 Å². The number of ether oxygens (including phenoxy) is 1. The molecule has 0 bridgehead atoms. The van der Waals surface area contributed by atoms with Gasteiger partial charge in [-0.2, -0.15) is 0 Å². The van der Waals surface area contributed by atoms with E-state index in [-0.39, 0.29) is 5.60 Å². The molecular weight excluding hydrogens is 246 g/mol. The van der Waals surface area contributed by atoms with Gasteiger partial charge in [0.2, 0.25) is 0 Å². The predicted molar refractivity (Wildman–Crippen MR) is 88.3 cm³/mol. The van der Waals surface area contributed by atoms with Crippen molar-refractivity contribution in [3.63, 3.8) is 0 Å². The Kier molecular flexibility index (Phi) is 9.54. The Bertz CT molecular complexity index is 223. The molecule has 1 rings (SSSR count). The van der Waals surface area contributed by atoms with Crippen molar-refractivity contribution in [1.29, 1.82) is 0 Å². The van der Waals surface area contributed by atoms with Crippen molar-refractivity contribution in [2.75, 3.05) is 13.2 Å². The van der Waals surface area contributed by atoms with E-state index >= 15 is 0 Å². The minimum absolute atomic E-state index is 0.0802. The predicted octanol–water partition coefficient (Wildman–Crippen LogP) is 5.06. The van der Waals surface area contributed by atoms with Crippen LogP contribution < -0.4 is 5.32 Å². The Morgan fingerprint density at radius 2 is 1.75 bits per heavy atom. The summed E-state index contributed by atoms with van der Waals surface area (Å²) in [4.78, 5) is 0. The van der Waals surface area contributed by atoms with Gasteiger partial charge in [-0.1, -0.05) is 52.4 Å². The lowest BCUT2D eigenvalue weighted by atomic mass is 9.85. The minimum Gasteiger partial charge on any atom is -0.374 e. The molecule has 0 aromatic carbocycles. The monoisotopic (exact) mass is 283 g/mol. The first-order valence-electron chi connectivity index (χ1n) is 9.10. The van der Waals surface area contributed by atoms with Crippen LogP contribution in [0.4, 0.5) is 0 Å². The second-order valence-electron chi connectivity index (χ2n) is 6.68. The molecule has 2 atom stereocenters. The van der Waals surface area contributed by atoms with Crippen molar-refractivity contribution < 1.29 is 4.74 Å². The highest BCUT2D eigenvalue weighted by Crippen LogP contribution is 2.30. The molecule has 1 aliphatic heterocycles. The molecule has 0 radical (unpaired) electrons. The lowest BCUT2D eigenvalue weighted by Gasteiger charge is -2.41. The highest BCUT2D eigenvalue weighted by atomic mass is 16.5. The normalized spacial score (nSPS) is 24.8. The first-order valence-corrected chi connectivity index (χ1v) is 9.10. The third-order valence-electron chi connectivity index (χ3n) is 4.72. The van der Waals surface area contributed by atoms with Crippen LogP contribution >= 0.6 is 0 Å². The fourth-order valence-corrected chi connectivity index (χ4v) is 3.30. The summed E-state index contributed by atoms with van der Waals surface area (Å²) in [5.74, 6) is 0. The topological polar surface area (TPSA) is 21.3 Å². The summed E-state index contributed by atoms with van der Waals surface area (Å²) in [6.07, 6.45) is 14.6. The van der Waals surface area contributed by atoms with E-state index in [9.17, 15) is 0 Å². The molecule has 20 heavy (non-hydrogen) atoms. The van der Waals surface area contributed by atoms with Gasteiger partial charge in [-0.25, -0.2) is 0 Å². The van der Waals surface area contributed by atoms with Crippen LogP contribution in [0.15, 0.2) is 0 Å². The molecule has 120 valence electrons. The second-order valence-corrected chi connectivity index (χ2v) is 6.68. The fourth-order valence-electron chi connectivity index (χ4n) is 3.30. The molecule has 1 N–H and O–H groups in total. The molecular formula is C18H37NO. The number of hydrogen-bond acceptors (Lipinski definition) is 2. The van der Waals surface area contributed by atoms with Gasteiger partial charge in [0.1, 0.15) is 0 Å². The van der Waals surface area contributed by atoms with Gasteiger partial charge >= 0.3 is 0 Å². The van der Waals surface area contributed by atoms with Gasteiger partial charge < -0.3 is 10.1 Å². The van der Waals surface area contributed by atoms with E-state index in [4.69, 9.17) is 4.74 Å². The first kappa shape index (κ1) is 18.0. The summed E-state index contributed by atoms with van der Waals surface area (Å²) in [6.45, 7) is 8.94. The molecule has 0 aromatic rings. The highest BCUT2D eigenvalue weighted by Gasteiger charge is 2.35. The quantitative estimate of drug-likeness (QED) is 0.535. The van der Waals surface area contributed by atoms with Crippen molar-refractivity contribution in [3.8, 4) is 0 Å². The average Bonchev–Trinajstić information content (AvgIpc) is 2.46. The Labute approximate surface area is 127 Å².